The summed E-state index contributed by atoms with van der Waals surface area (Å²) in [5.74, 6) is -0.260. The summed E-state index contributed by atoms with van der Waals surface area (Å²) in [5.41, 5.74) is 2.04. The monoisotopic (exact) mass is 363 g/mol. The number of fused-ring (bicyclic) bond motifs is 1. The lowest BCUT2D eigenvalue weighted by Crippen LogP contribution is -2.46. The third-order valence-electron chi connectivity index (χ3n) is 4.58. The van der Waals surface area contributed by atoms with Crippen molar-refractivity contribution in [2.24, 2.45) is 0 Å². The first-order chi connectivity index (χ1) is 11.7. The van der Waals surface area contributed by atoms with E-state index in [1.165, 1.54) is 11.3 Å². The van der Waals surface area contributed by atoms with Gasteiger partial charge in [-0.05, 0) is 29.8 Å². The van der Waals surface area contributed by atoms with E-state index >= 15 is 0 Å². The molecule has 1 aliphatic carbocycles. The molecule has 1 aromatic heterocycles. The molecule has 1 aromatic carbocycles. The van der Waals surface area contributed by atoms with Gasteiger partial charge in [0.1, 0.15) is 0 Å². The summed E-state index contributed by atoms with van der Waals surface area (Å²) in [6.45, 7) is 7.23. The predicted octanol–water partition coefficient (Wildman–Crippen LogP) is 2.42. The van der Waals surface area contributed by atoms with Crippen LogP contribution >= 0.6 is 22.9 Å². The van der Waals surface area contributed by atoms with Crippen LogP contribution in [0, 0.1) is 0 Å². The van der Waals surface area contributed by atoms with Gasteiger partial charge in [0.2, 0.25) is 16.2 Å². The summed E-state index contributed by atoms with van der Waals surface area (Å²) in [6, 6.07) is 5.56. The van der Waals surface area contributed by atoms with Gasteiger partial charge in [-0.15, -0.1) is 10.2 Å². The second kappa shape index (κ2) is 6.31. The van der Waals surface area contributed by atoms with Crippen LogP contribution in [0.4, 0.5) is 10.3 Å². The molecule has 1 fully saturated rings. The number of aromatic nitrogens is 2. The molecule has 1 N–H and O–H groups in total. The molecule has 24 heavy (non-hydrogen) atoms. The summed E-state index contributed by atoms with van der Waals surface area (Å²) >= 11 is 7.39. The molecule has 0 bridgehead atoms. The van der Waals surface area contributed by atoms with Crippen LogP contribution in [0.25, 0.3) is 0 Å². The van der Waals surface area contributed by atoms with Crippen LogP contribution in [-0.4, -0.2) is 53.7 Å². The van der Waals surface area contributed by atoms with Crippen LogP contribution < -0.4 is 10.2 Å². The van der Waals surface area contributed by atoms with Gasteiger partial charge in [-0.3, -0.25) is 10.1 Å². The smallest absolute Gasteiger partial charge is 0.238 e. The normalized spacial score (nSPS) is 19.9. The Morgan fingerprint density at radius 3 is 2.79 bits per heavy atom. The Bertz CT molecular complexity index is 772. The first-order valence-electron chi connectivity index (χ1n) is 8.06. The minimum Gasteiger partial charge on any atom is -0.344 e. The van der Waals surface area contributed by atoms with Crippen molar-refractivity contribution in [3.63, 3.8) is 0 Å². The van der Waals surface area contributed by atoms with E-state index in [0.717, 1.165) is 49.0 Å². The van der Waals surface area contributed by atoms with Crippen LogP contribution in [0.15, 0.2) is 18.2 Å². The number of piperazine rings is 1. The van der Waals surface area contributed by atoms with E-state index in [-0.39, 0.29) is 11.8 Å². The van der Waals surface area contributed by atoms with Gasteiger partial charge in [-0.25, -0.2) is 0 Å². The number of amides is 1. The molecule has 1 saturated heterocycles. The van der Waals surface area contributed by atoms with Gasteiger partial charge in [-0.2, -0.15) is 0 Å². The van der Waals surface area contributed by atoms with Crippen LogP contribution in [0.3, 0.4) is 0 Å². The maximum atomic E-state index is 12.4. The van der Waals surface area contributed by atoms with Gasteiger partial charge in [0.05, 0.1) is 5.92 Å². The van der Waals surface area contributed by atoms with Crippen LogP contribution in [0.1, 0.15) is 24.0 Å². The molecular weight excluding hydrogens is 346 g/mol. The highest BCUT2D eigenvalue weighted by atomic mass is 35.5. The lowest BCUT2D eigenvalue weighted by molar-refractivity contribution is -0.115. The highest BCUT2D eigenvalue weighted by molar-refractivity contribution is 7.19. The fourth-order valence-corrected chi connectivity index (χ4v) is 4.07. The topological polar surface area (TPSA) is 61.4 Å². The van der Waals surface area contributed by atoms with Crippen molar-refractivity contribution < 1.29 is 4.79 Å². The van der Waals surface area contributed by atoms with Crippen molar-refractivity contribution in [3.05, 3.63) is 34.3 Å². The highest BCUT2D eigenvalue weighted by Gasteiger charge is 2.39. The average Bonchev–Trinajstić information content (AvgIpc) is 3.12. The molecule has 0 radical (unpaired) electrons. The van der Waals surface area contributed by atoms with Crippen LogP contribution in [0.2, 0.25) is 5.02 Å². The number of anilines is 2. The third kappa shape index (κ3) is 2.99. The lowest BCUT2D eigenvalue weighted by Gasteiger charge is -2.33. The van der Waals surface area contributed by atoms with E-state index < -0.39 is 0 Å². The Kier molecular flexibility index (Phi) is 4.15. The number of hydrogen-bond acceptors (Lipinski definition) is 6. The first-order valence-corrected chi connectivity index (χ1v) is 9.26. The molecule has 0 spiro atoms. The fourth-order valence-electron chi connectivity index (χ4n) is 3.09. The molecule has 0 saturated carbocycles. The SMILES string of the molecule is CCN1CCN(c2nnc(NC(=O)C3c4ccc(Cl)cc43)s2)CC1. The molecule has 6 nitrogen and oxygen atoms in total. The molecule has 2 heterocycles. The quantitative estimate of drug-likeness (QED) is 0.903. The van der Waals surface area contributed by atoms with E-state index in [4.69, 9.17) is 11.6 Å². The molecule has 126 valence electrons. The van der Waals surface area contributed by atoms with Crippen molar-refractivity contribution in [1.82, 2.24) is 15.1 Å². The van der Waals surface area contributed by atoms with Crippen LogP contribution in [-0.2, 0) is 4.79 Å². The van der Waals surface area contributed by atoms with Gasteiger partial charge in [0.15, 0.2) is 0 Å². The zero-order valence-electron chi connectivity index (χ0n) is 13.3. The second-order valence-electron chi connectivity index (χ2n) is 6.01. The van der Waals surface area contributed by atoms with Crippen molar-refractivity contribution >= 4 is 39.1 Å². The van der Waals surface area contributed by atoms with E-state index in [1.807, 2.05) is 18.2 Å². The summed E-state index contributed by atoms with van der Waals surface area (Å²) < 4.78 is 0. The molecule has 1 unspecified atom stereocenters. The summed E-state index contributed by atoms with van der Waals surface area (Å²) in [6.07, 6.45) is 0. The fraction of sp³-hybridized carbons (Fsp3) is 0.438. The van der Waals surface area contributed by atoms with Gasteiger partial charge < -0.3 is 9.80 Å². The number of carbonyl (C=O) groups is 1. The standard InChI is InChI=1S/C16H18ClN5OS/c1-2-21-5-7-22(8-6-21)16-20-19-15(24-16)18-14(23)13-11-4-3-10(17)9-12(11)13/h3-4,9,13H,2,5-8H2,1H3,(H,18,19,23). The van der Waals surface area contributed by atoms with Crippen molar-refractivity contribution in [2.45, 2.75) is 12.8 Å². The number of nitrogens with zero attached hydrogens (tertiary/aromatic N) is 4. The molecule has 4 rings (SSSR count). The molecule has 1 atom stereocenters. The van der Waals surface area contributed by atoms with Gasteiger partial charge in [0.25, 0.3) is 0 Å². The number of halogens is 1. The van der Waals surface area contributed by atoms with Gasteiger partial charge >= 0.3 is 0 Å². The number of nitrogens with one attached hydrogen (secondary N) is 1. The largest absolute Gasteiger partial charge is 0.344 e. The van der Waals surface area contributed by atoms with Gasteiger partial charge in [-0.1, -0.05) is 35.9 Å². The molecule has 2 aliphatic rings. The number of carbonyl (C=O) groups excluding carboxylic acids is 1. The second-order valence-corrected chi connectivity index (χ2v) is 7.40. The average molecular weight is 364 g/mol. The maximum Gasteiger partial charge on any atom is 0.238 e. The van der Waals surface area contributed by atoms with E-state index in [0.29, 0.717) is 10.2 Å². The Morgan fingerprint density at radius 2 is 2.08 bits per heavy atom. The summed E-state index contributed by atoms with van der Waals surface area (Å²) in [4.78, 5) is 17.0. The molecule has 2 aromatic rings. The van der Waals surface area contributed by atoms with E-state index in [1.54, 1.807) is 0 Å². The van der Waals surface area contributed by atoms with E-state index in [9.17, 15) is 4.79 Å². The zero-order valence-corrected chi connectivity index (χ0v) is 14.9. The Labute approximate surface area is 149 Å². The highest BCUT2D eigenvalue weighted by Crippen LogP contribution is 2.45. The van der Waals surface area contributed by atoms with Crippen molar-refractivity contribution in [3.8, 4) is 0 Å². The Morgan fingerprint density at radius 1 is 1.29 bits per heavy atom. The Hall–Kier alpha value is -1.70. The number of rotatable bonds is 4. The Balaban J connectivity index is 1.37. The van der Waals surface area contributed by atoms with Crippen molar-refractivity contribution in [1.29, 1.82) is 0 Å². The number of benzene rings is 1. The number of hydrogen-bond donors (Lipinski definition) is 1. The van der Waals surface area contributed by atoms with Gasteiger partial charge in [0, 0.05) is 31.2 Å². The first kappa shape index (κ1) is 15.8. The summed E-state index contributed by atoms with van der Waals surface area (Å²) in [7, 11) is 0. The molecule has 1 amide bonds. The summed E-state index contributed by atoms with van der Waals surface area (Å²) in [5, 5.41) is 13.3. The minimum atomic E-state index is -0.196. The predicted molar refractivity (Wildman–Crippen MR) is 96.2 cm³/mol. The molecule has 8 heteroatoms. The third-order valence-corrected chi connectivity index (χ3v) is 5.72. The van der Waals surface area contributed by atoms with Crippen LogP contribution in [0.5, 0.6) is 0 Å². The molecule has 1 aliphatic heterocycles. The van der Waals surface area contributed by atoms with Crippen molar-refractivity contribution in [2.75, 3.05) is 42.9 Å². The zero-order chi connectivity index (χ0) is 16.7. The minimum absolute atomic E-state index is 0.0641. The lowest BCUT2D eigenvalue weighted by atomic mass is 10.3. The van der Waals surface area contributed by atoms with E-state index in [2.05, 4.69) is 32.2 Å². The maximum absolute atomic E-state index is 12.4. The molecular formula is C16H18ClN5OS. The number of likely N-dealkylation sites (N-methyl/N-ethyl adjacent to an activating group) is 1.